The van der Waals surface area contributed by atoms with Gasteiger partial charge in [-0.25, -0.2) is 5.10 Å². The van der Waals surface area contributed by atoms with Crippen LogP contribution in [0.15, 0.2) is 85.1 Å². The summed E-state index contributed by atoms with van der Waals surface area (Å²) in [4.78, 5) is 14.9. The Balaban J connectivity index is 1.33. The quantitative estimate of drug-likeness (QED) is 0.297. The second-order valence-corrected chi connectivity index (χ2v) is 9.13. The molecule has 5 aromatic rings. The first-order valence-electron chi connectivity index (χ1n) is 12.4. The summed E-state index contributed by atoms with van der Waals surface area (Å²) in [6.45, 7) is 1.44. The Morgan fingerprint density at radius 1 is 0.946 bits per heavy atom. The molecule has 0 bridgehead atoms. The van der Waals surface area contributed by atoms with Crippen molar-refractivity contribution in [3.63, 3.8) is 0 Å². The number of likely N-dealkylation sites (N-methyl/N-ethyl adjacent to an activating group) is 1. The molecule has 188 valence electrons. The fourth-order valence-electron chi connectivity index (χ4n) is 4.38. The highest BCUT2D eigenvalue weighted by atomic mass is 16.5. The lowest BCUT2D eigenvalue weighted by Crippen LogP contribution is -2.31. The summed E-state index contributed by atoms with van der Waals surface area (Å²) in [5.74, 6) is 1.60. The second kappa shape index (κ2) is 11.5. The fraction of sp³-hybridized carbons (Fsp3) is 0.241. The molecule has 8 nitrogen and oxygen atoms in total. The summed E-state index contributed by atoms with van der Waals surface area (Å²) in [6.07, 6.45) is 4.30. The highest BCUT2D eigenvalue weighted by Crippen LogP contribution is 2.28. The molecular weight excluding hydrogens is 464 g/mol. The van der Waals surface area contributed by atoms with Gasteiger partial charge in [0.2, 0.25) is 5.91 Å². The maximum atomic E-state index is 13.1. The predicted molar refractivity (Wildman–Crippen MR) is 142 cm³/mol. The number of nitrogens with one attached hydrogen (secondary N) is 1. The van der Waals surface area contributed by atoms with Gasteiger partial charge in [-0.05, 0) is 58.2 Å². The molecule has 8 heteroatoms. The lowest BCUT2D eigenvalue weighted by molar-refractivity contribution is -0.130. The minimum Gasteiger partial charge on any atom is -0.489 e. The molecule has 0 aliphatic heterocycles. The Bertz CT molecular complexity index is 1430. The first-order valence-corrected chi connectivity index (χ1v) is 12.4. The van der Waals surface area contributed by atoms with Crippen LogP contribution in [0.2, 0.25) is 0 Å². The Kier molecular flexibility index (Phi) is 7.55. The Morgan fingerprint density at radius 2 is 1.70 bits per heavy atom. The molecule has 2 aromatic heterocycles. The summed E-state index contributed by atoms with van der Waals surface area (Å²) in [6, 6.07) is 26.4. The van der Waals surface area contributed by atoms with Crippen LogP contribution >= 0.6 is 0 Å². The average Bonchev–Trinajstić information content (AvgIpc) is 3.58. The number of hydrogen-bond acceptors (Lipinski definition) is 5. The highest BCUT2D eigenvalue weighted by molar-refractivity contribution is 5.87. The molecule has 0 spiro atoms. The van der Waals surface area contributed by atoms with Gasteiger partial charge in [0, 0.05) is 37.1 Å². The maximum absolute atomic E-state index is 13.1. The fourth-order valence-corrected chi connectivity index (χ4v) is 4.38. The number of hydrogen-bond donors (Lipinski definition) is 1. The number of aromatic amines is 1. The van der Waals surface area contributed by atoms with Crippen molar-refractivity contribution in [2.24, 2.45) is 0 Å². The number of H-pyrrole nitrogens is 1. The van der Waals surface area contributed by atoms with Gasteiger partial charge in [-0.15, -0.1) is 5.10 Å². The number of carbonyl (C=O) groups excluding carboxylic acids is 1. The zero-order chi connectivity index (χ0) is 25.5. The lowest BCUT2D eigenvalue weighted by atomic mass is 10.1. The third kappa shape index (κ3) is 6.22. The molecule has 0 unspecified atom stereocenters. The number of aromatic nitrogens is 5. The lowest BCUT2D eigenvalue weighted by Gasteiger charge is -2.18. The third-order valence-electron chi connectivity index (χ3n) is 6.51. The van der Waals surface area contributed by atoms with E-state index in [4.69, 9.17) is 4.74 Å². The molecule has 1 amide bonds. The van der Waals surface area contributed by atoms with E-state index in [9.17, 15) is 4.79 Å². The van der Waals surface area contributed by atoms with Gasteiger partial charge in [-0.1, -0.05) is 60.7 Å². The first kappa shape index (κ1) is 24.2. The summed E-state index contributed by atoms with van der Waals surface area (Å²) < 4.78 is 8.12. The molecule has 1 N–H and O–H groups in total. The second-order valence-electron chi connectivity index (χ2n) is 9.13. The Hall–Kier alpha value is -4.46. The number of fused-ring (bicyclic) bond motifs is 1. The number of aryl methyl sites for hydroxylation is 2. The van der Waals surface area contributed by atoms with E-state index >= 15 is 0 Å². The number of carbonyl (C=O) groups is 1. The molecule has 2 heterocycles. The van der Waals surface area contributed by atoms with E-state index in [-0.39, 0.29) is 12.5 Å². The Labute approximate surface area is 215 Å². The van der Waals surface area contributed by atoms with Crippen LogP contribution in [0.3, 0.4) is 0 Å². The molecule has 0 saturated carbocycles. The highest BCUT2D eigenvalue weighted by Gasteiger charge is 2.15. The van der Waals surface area contributed by atoms with Crippen molar-refractivity contribution in [3.05, 3.63) is 108 Å². The van der Waals surface area contributed by atoms with Gasteiger partial charge >= 0.3 is 0 Å². The predicted octanol–water partition coefficient (Wildman–Crippen LogP) is 4.22. The van der Waals surface area contributed by atoms with Gasteiger partial charge in [0.15, 0.2) is 0 Å². The Morgan fingerprint density at radius 3 is 2.43 bits per heavy atom. The van der Waals surface area contributed by atoms with Gasteiger partial charge in [-0.3, -0.25) is 4.79 Å². The zero-order valence-electron chi connectivity index (χ0n) is 20.9. The number of tetrazole rings is 1. The largest absolute Gasteiger partial charge is 0.489 e. The van der Waals surface area contributed by atoms with E-state index in [2.05, 4.69) is 45.0 Å². The number of ether oxygens (including phenoxy) is 1. The van der Waals surface area contributed by atoms with Crippen molar-refractivity contribution in [2.45, 2.75) is 32.4 Å². The molecule has 3 aromatic carbocycles. The van der Waals surface area contributed by atoms with Gasteiger partial charge in [0.1, 0.15) is 24.7 Å². The maximum Gasteiger partial charge on any atom is 0.242 e. The van der Waals surface area contributed by atoms with Crippen LogP contribution in [0.5, 0.6) is 5.75 Å². The van der Waals surface area contributed by atoms with E-state index in [0.29, 0.717) is 19.6 Å². The monoisotopic (exact) mass is 494 g/mol. The molecule has 0 fully saturated rings. The topological polar surface area (TPSA) is 88.9 Å². The standard InChI is InChI=1S/C29H30N6O2/c1-34(17-16-22-8-4-2-5-9-22)29(36)20-35-19-24(12-15-28-30-32-33-31-28)26-18-25(13-14-27(26)35)37-21-23-10-6-3-7-11-23/h2-11,13-14,18-19H,12,15-17,20-21H2,1H3,(H,30,31,32,33). The smallest absolute Gasteiger partial charge is 0.242 e. The van der Waals surface area contributed by atoms with Crippen LogP contribution in [0.25, 0.3) is 10.9 Å². The number of rotatable bonds is 11. The number of benzene rings is 3. The first-order chi connectivity index (χ1) is 18.2. The van der Waals surface area contributed by atoms with Crippen LogP contribution in [0.4, 0.5) is 0 Å². The van der Waals surface area contributed by atoms with Crippen molar-refractivity contribution in [2.75, 3.05) is 13.6 Å². The zero-order valence-corrected chi connectivity index (χ0v) is 20.9. The van der Waals surface area contributed by atoms with Crippen LogP contribution in [-0.2, 0) is 37.2 Å². The molecule has 0 atom stereocenters. The molecular formula is C29H30N6O2. The van der Waals surface area contributed by atoms with Gasteiger partial charge in [-0.2, -0.15) is 0 Å². The molecule has 0 aliphatic rings. The van der Waals surface area contributed by atoms with E-state index in [0.717, 1.165) is 46.4 Å². The number of nitrogens with zero attached hydrogens (tertiary/aromatic N) is 5. The summed E-state index contributed by atoms with van der Waals surface area (Å²) in [7, 11) is 1.87. The van der Waals surface area contributed by atoms with Crippen LogP contribution in [-0.4, -0.2) is 49.6 Å². The van der Waals surface area contributed by atoms with Gasteiger partial charge in [0.05, 0.1) is 0 Å². The van der Waals surface area contributed by atoms with Crippen LogP contribution in [0.1, 0.15) is 22.5 Å². The minimum atomic E-state index is 0.0724. The van der Waals surface area contributed by atoms with Crippen molar-refractivity contribution in [3.8, 4) is 5.75 Å². The SMILES string of the molecule is CN(CCc1ccccc1)C(=O)Cn1cc(CCc2nnn[nH]2)c2cc(OCc3ccccc3)ccc21. The summed E-state index contributed by atoms with van der Waals surface area (Å²) in [5, 5.41) is 15.2. The minimum absolute atomic E-state index is 0.0724. The van der Waals surface area contributed by atoms with Gasteiger partial charge in [0.25, 0.3) is 0 Å². The normalized spacial score (nSPS) is 11.1. The number of amides is 1. The van der Waals surface area contributed by atoms with Crippen molar-refractivity contribution < 1.29 is 9.53 Å². The molecule has 37 heavy (non-hydrogen) atoms. The van der Waals surface area contributed by atoms with Crippen LogP contribution in [0, 0.1) is 0 Å². The summed E-state index contributed by atoms with van der Waals surface area (Å²) in [5.41, 5.74) is 4.46. The summed E-state index contributed by atoms with van der Waals surface area (Å²) >= 11 is 0. The van der Waals surface area contributed by atoms with E-state index in [1.807, 2.05) is 72.3 Å². The average molecular weight is 495 g/mol. The van der Waals surface area contributed by atoms with Crippen molar-refractivity contribution >= 4 is 16.8 Å². The van der Waals surface area contributed by atoms with Crippen molar-refractivity contribution in [1.82, 2.24) is 30.1 Å². The van der Waals surface area contributed by atoms with Crippen molar-refractivity contribution in [1.29, 1.82) is 0 Å². The molecule has 0 radical (unpaired) electrons. The molecule has 5 rings (SSSR count). The third-order valence-corrected chi connectivity index (χ3v) is 6.51. The van der Waals surface area contributed by atoms with E-state index in [1.165, 1.54) is 5.56 Å². The van der Waals surface area contributed by atoms with Crippen LogP contribution < -0.4 is 4.74 Å². The van der Waals surface area contributed by atoms with E-state index < -0.39 is 0 Å². The molecule has 0 aliphatic carbocycles. The molecule has 0 saturated heterocycles. The van der Waals surface area contributed by atoms with Gasteiger partial charge < -0.3 is 14.2 Å². The van der Waals surface area contributed by atoms with E-state index in [1.54, 1.807) is 4.90 Å².